The first kappa shape index (κ1) is 13.1. The molecular formula is C10H10F3NO3. The van der Waals surface area contributed by atoms with Gasteiger partial charge in [-0.25, -0.2) is 4.79 Å². The van der Waals surface area contributed by atoms with Gasteiger partial charge in [0.1, 0.15) is 0 Å². The highest BCUT2D eigenvalue weighted by atomic mass is 19.4. The Morgan fingerprint density at radius 1 is 1.41 bits per heavy atom. The number of hydrogen-bond acceptors (Lipinski definition) is 4. The Labute approximate surface area is 95.1 Å². The molecule has 0 radical (unpaired) electrons. The molecule has 0 heterocycles. The van der Waals surface area contributed by atoms with Gasteiger partial charge in [0.05, 0.1) is 17.9 Å². The second kappa shape index (κ2) is 4.94. The topological polar surface area (TPSA) is 61.5 Å². The number of hydrogen-bond donors (Lipinski definition) is 1. The van der Waals surface area contributed by atoms with Gasteiger partial charge in [0.25, 0.3) is 0 Å². The van der Waals surface area contributed by atoms with E-state index in [1.807, 2.05) is 0 Å². The molecule has 0 saturated carbocycles. The van der Waals surface area contributed by atoms with E-state index in [-0.39, 0.29) is 12.2 Å². The van der Waals surface area contributed by atoms with Crippen molar-refractivity contribution < 1.29 is 27.4 Å². The molecule has 0 unspecified atom stereocenters. The van der Waals surface area contributed by atoms with Crippen LogP contribution in [0.3, 0.4) is 0 Å². The van der Waals surface area contributed by atoms with Crippen LogP contribution in [0.4, 0.5) is 18.9 Å². The van der Waals surface area contributed by atoms with E-state index in [1.54, 1.807) is 6.92 Å². The van der Waals surface area contributed by atoms with Gasteiger partial charge in [0.2, 0.25) is 0 Å². The minimum Gasteiger partial charge on any atom is -0.462 e. The van der Waals surface area contributed by atoms with E-state index in [4.69, 9.17) is 5.73 Å². The van der Waals surface area contributed by atoms with Crippen LogP contribution in [0.5, 0.6) is 5.75 Å². The van der Waals surface area contributed by atoms with Crippen LogP contribution in [0, 0.1) is 0 Å². The normalized spacial score (nSPS) is 11.1. The number of ether oxygens (including phenoxy) is 2. The van der Waals surface area contributed by atoms with Crippen LogP contribution >= 0.6 is 0 Å². The third kappa shape index (κ3) is 3.54. The molecule has 0 atom stereocenters. The summed E-state index contributed by atoms with van der Waals surface area (Å²) in [6.07, 6.45) is -4.86. The molecule has 0 spiro atoms. The highest BCUT2D eigenvalue weighted by molar-refractivity contribution is 5.96. The second-order valence-electron chi connectivity index (χ2n) is 2.99. The Bertz CT molecular complexity index is 418. The molecule has 0 bridgehead atoms. The number of nitrogens with two attached hydrogens (primary N) is 1. The van der Waals surface area contributed by atoms with Gasteiger partial charge >= 0.3 is 12.3 Å². The zero-order valence-corrected chi connectivity index (χ0v) is 8.88. The SMILES string of the molecule is CCOC(=O)c1cccc(OC(F)(F)F)c1N. The van der Waals surface area contributed by atoms with Gasteiger partial charge in [-0.1, -0.05) is 6.07 Å². The predicted molar refractivity (Wildman–Crippen MR) is 53.5 cm³/mol. The number of benzene rings is 1. The van der Waals surface area contributed by atoms with Crippen LogP contribution in [-0.2, 0) is 4.74 Å². The molecule has 1 aromatic carbocycles. The van der Waals surface area contributed by atoms with E-state index in [9.17, 15) is 18.0 Å². The zero-order chi connectivity index (χ0) is 13.1. The van der Waals surface area contributed by atoms with Gasteiger partial charge in [-0.15, -0.1) is 13.2 Å². The summed E-state index contributed by atoms with van der Waals surface area (Å²) in [5.74, 6) is -1.42. The number of carbonyl (C=O) groups is 1. The quantitative estimate of drug-likeness (QED) is 0.659. The number of para-hydroxylation sites is 1. The van der Waals surface area contributed by atoms with Crippen molar-refractivity contribution in [2.45, 2.75) is 13.3 Å². The lowest BCUT2D eigenvalue weighted by molar-refractivity contribution is -0.274. The van der Waals surface area contributed by atoms with Crippen molar-refractivity contribution in [1.29, 1.82) is 0 Å². The number of esters is 1. The average molecular weight is 249 g/mol. The largest absolute Gasteiger partial charge is 0.573 e. The van der Waals surface area contributed by atoms with E-state index in [1.165, 1.54) is 12.1 Å². The van der Waals surface area contributed by atoms with Crippen molar-refractivity contribution in [2.75, 3.05) is 12.3 Å². The fraction of sp³-hybridized carbons (Fsp3) is 0.300. The molecule has 17 heavy (non-hydrogen) atoms. The molecule has 1 rings (SSSR count). The van der Waals surface area contributed by atoms with Gasteiger partial charge in [0, 0.05) is 0 Å². The molecule has 94 valence electrons. The van der Waals surface area contributed by atoms with Crippen molar-refractivity contribution in [1.82, 2.24) is 0 Å². The summed E-state index contributed by atoms with van der Waals surface area (Å²) in [5.41, 5.74) is 4.84. The van der Waals surface area contributed by atoms with Crippen LogP contribution in [0.2, 0.25) is 0 Å². The van der Waals surface area contributed by atoms with Crippen LogP contribution in [0.15, 0.2) is 18.2 Å². The standard InChI is InChI=1S/C10H10F3NO3/c1-2-16-9(15)6-4-3-5-7(8(6)14)17-10(11,12)13/h3-5H,2,14H2,1H3. The minimum atomic E-state index is -4.86. The smallest absolute Gasteiger partial charge is 0.462 e. The Hall–Kier alpha value is -1.92. The van der Waals surface area contributed by atoms with Gasteiger partial charge in [-0.3, -0.25) is 0 Å². The maximum Gasteiger partial charge on any atom is 0.573 e. The molecule has 0 aliphatic carbocycles. The van der Waals surface area contributed by atoms with Crippen molar-refractivity contribution in [3.8, 4) is 5.75 Å². The average Bonchev–Trinajstić information content (AvgIpc) is 2.19. The molecule has 0 aliphatic rings. The highest BCUT2D eigenvalue weighted by Crippen LogP contribution is 2.30. The highest BCUT2D eigenvalue weighted by Gasteiger charge is 2.32. The Morgan fingerprint density at radius 2 is 2.06 bits per heavy atom. The van der Waals surface area contributed by atoms with Crippen LogP contribution < -0.4 is 10.5 Å². The minimum absolute atomic E-state index is 0.0998. The lowest BCUT2D eigenvalue weighted by Crippen LogP contribution is -2.19. The summed E-state index contributed by atoms with van der Waals surface area (Å²) in [6, 6.07) is 3.51. The Balaban J connectivity index is 3.03. The number of nitrogen functional groups attached to an aromatic ring is 1. The maximum absolute atomic E-state index is 12.0. The van der Waals surface area contributed by atoms with Crippen LogP contribution in [-0.4, -0.2) is 18.9 Å². The molecule has 1 aromatic rings. The number of carbonyl (C=O) groups excluding carboxylic acids is 1. The van der Waals surface area contributed by atoms with E-state index in [0.29, 0.717) is 0 Å². The third-order valence-corrected chi connectivity index (χ3v) is 1.79. The Morgan fingerprint density at radius 3 is 2.59 bits per heavy atom. The van der Waals surface area contributed by atoms with E-state index >= 15 is 0 Å². The first-order valence-electron chi connectivity index (χ1n) is 4.66. The van der Waals surface area contributed by atoms with E-state index < -0.39 is 23.8 Å². The number of anilines is 1. The summed E-state index contributed by atoms with van der Waals surface area (Å²) in [5, 5.41) is 0. The molecule has 0 fully saturated rings. The van der Waals surface area contributed by atoms with Crippen molar-refractivity contribution in [3.05, 3.63) is 23.8 Å². The van der Waals surface area contributed by atoms with Gasteiger partial charge in [-0.2, -0.15) is 0 Å². The van der Waals surface area contributed by atoms with Crippen LogP contribution in [0.1, 0.15) is 17.3 Å². The summed E-state index contributed by atoms with van der Waals surface area (Å²) in [7, 11) is 0. The maximum atomic E-state index is 12.0. The lowest BCUT2D eigenvalue weighted by atomic mass is 10.1. The van der Waals surface area contributed by atoms with Crippen molar-refractivity contribution in [3.63, 3.8) is 0 Å². The number of halogens is 3. The molecular weight excluding hydrogens is 239 g/mol. The monoisotopic (exact) mass is 249 g/mol. The first-order valence-corrected chi connectivity index (χ1v) is 4.66. The molecule has 0 saturated heterocycles. The van der Waals surface area contributed by atoms with E-state index in [0.717, 1.165) is 6.07 Å². The molecule has 7 heteroatoms. The van der Waals surface area contributed by atoms with Gasteiger partial charge in [-0.05, 0) is 19.1 Å². The third-order valence-electron chi connectivity index (χ3n) is 1.79. The zero-order valence-electron chi connectivity index (χ0n) is 8.88. The van der Waals surface area contributed by atoms with Crippen molar-refractivity contribution >= 4 is 11.7 Å². The number of rotatable bonds is 3. The lowest BCUT2D eigenvalue weighted by Gasteiger charge is -2.13. The first-order chi connectivity index (χ1) is 7.85. The summed E-state index contributed by atoms with van der Waals surface area (Å²) in [4.78, 5) is 11.3. The fourth-order valence-corrected chi connectivity index (χ4v) is 1.14. The van der Waals surface area contributed by atoms with E-state index in [2.05, 4.69) is 9.47 Å². The predicted octanol–water partition coefficient (Wildman–Crippen LogP) is 2.34. The summed E-state index contributed by atoms with van der Waals surface area (Å²) >= 11 is 0. The molecule has 0 amide bonds. The fourth-order valence-electron chi connectivity index (χ4n) is 1.14. The molecule has 2 N–H and O–H groups in total. The molecule has 0 aliphatic heterocycles. The van der Waals surface area contributed by atoms with Crippen molar-refractivity contribution in [2.24, 2.45) is 0 Å². The number of alkyl halides is 3. The summed E-state index contributed by atoms with van der Waals surface area (Å²) in [6.45, 7) is 1.67. The Kier molecular flexibility index (Phi) is 3.82. The summed E-state index contributed by atoms with van der Waals surface area (Å²) < 4.78 is 44.3. The second-order valence-corrected chi connectivity index (χ2v) is 2.99. The molecule has 4 nitrogen and oxygen atoms in total. The van der Waals surface area contributed by atoms with Gasteiger partial charge < -0.3 is 15.2 Å². The van der Waals surface area contributed by atoms with Crippen LogP contribution in [0.25, 0.3) is 0 Å². The molecule has 0 aromatic heterocycles. The van der Waals surface area contributed by atoms with Gasteiger partial charge in [0.15, 0.2) is 5.75 Å².